The maximum Gasteiger partial charge on any atom is 0.222 e. The summed E-state index contributed by atoms with van der Waals surface area (Å²) in [5, 5.41) is 3.80. The number of halogens is 1. The van der Waals surface area contributed by atoms with Gasteiger partial charge in [-0.15, -0.1) is 0 Å². The fourth-order valence-electron chi connectivity index (χ4n) is 2.85. The topological polar surface area (TPSA) is 49.4 Å². The summed E-state index contributed by atoms with van der Waals surface area (Å²) in [4.78, 5) is 25.8. The van der Waals surface area contributed by atoms with Gasteiger partial charge in [-0.1, -0.05) is 30.7 Å². The van der Waals surface area contributed by atoms with Crippen molar-refractivity contribution in [3.05, 3.63) is 34.9 Å². The minimum Gasteiger partial charge on any atom is -0.353 e. The van der Waals surface area contributed by atoms with E-state index < -0.39 is 0 Å². The number of carbonyl (C=O) groups is 2. The van der Waals surface area contributed by atoms with E-state index in [0.29, 0.717) is 17.9 Å². The van der Waals surface area contributed by atoms with Gasteiger partial charge in [-0.25, -0.2) is 0 Å². The van der Waals surface area contributed by atoms with Crippen molar-refractivity contribution >= 4 is 23.4 Å². The van der Waals surface area contributed by atoms with Crippen molar-refractivity contribution in [2.24, 2.45) is 0 Å². The maximum atomic E-state index is 12.1. The normalized spacial score (nSPS) is 15.5. The van der Waals surface area contributed by atoms with Crippen molar-refractivity contribution < 1.29 is 9.59 Å². The quantitative estimate of drug-likeness (QED) is 0.867. The van der Waals surface area contributed by atoms with Crippen LogP contribution in [0.3, 0.4) is 0 Å². The van der Waals surface area contributed by atoms with E-state index in [2.05, 4.69) is 5.32 Å². The summed E-state index contributed by atoms with van der Waals surface area (Å²) in [6, 6.07) is 7.79. The Hall–Kier alpha value is -1.55. The molecule has 126 valence electrons. The fraction of sp³-hybridized carbons (Fsp3) is 0.556. The third-order valence-electron chi connectivity index (χ3n) is 4.23. The van der Waals surface area contributed by atoms with E-state index in [1.54, 1.807) is 0 Å². The molecule has 1 aromatic rings. The highest BCUT2D eigenvalue weighted by Crippen LogP contribution is 2.13. The number of aryl methyl sites for hydroxylation is 1. The predicted octanol–water partition coefficient (Wildman–Crippen LogP) is 3.18. The summed E-state index contributed by atoms with van der Waals surface area (Å²) in [6.45, 7) is 3.52. The average Bonchev–Trinajstić information content (AvgIpc) is 2.55. The van der Waals surface area contributed by atoms with Gasteiger partial charge < -0.3 is 10.2 Å². The molecule has 2 rings (SSSR count). The zero-order chi connectivity index (χ0) is 16.7. The van der Waals surface area contributed by atoms with E-state index in [1.165, 1.54) is 0 Å². The lowest BCUT2D eigenvalue weighted by molar-refractivity contribution is -0.132. The largest absolute Gasteiger partial charge is 0.353 e. The highest BCUT2D eigenvalue weighted by Gasteiger charge is 2.23. The fourth-order valence-corrected chi connectivity index (χ4v) is 2.98. The van der Waals surface area contributed by atoms with Crippen LogP contribution in [-0.2, 0) is 16.0 Å². The van der Waals surface area contributed by atoms with Crippen LogP contribution in [0.15, 0.2) is 24.3 Å². The van der Waals surface area contributed by atoms with Crippen LogP contribution in [0.1, 0.15) is 44.6 Å². The smallest absolute Gasteiger partial charge is 0.222 e. The van der Waals surface area contributed by atoms with Gasteiger partial charge in [-0.05, 0) is 43.4 Å². The molecule has 0 bridgehead atoms. The summed E-state index contributed by atoms with van der Waals surface area (Å²) in [5.41, 5.74) is 1.12. The van der Waals surface area contributed by atoms with Crippen LogP contribution in [0, 0.1) is 0 Å². The molecule has 2 amide bonds. The number of likely N-dealkylation sites (tertiary alicyclic amines) is 1. The van der Waals surface area contributed by atoms with Crippen molar-refractivity contribution in [3.8, 4) is 0 Å². The van der Waals surface area contributed by atoms with Crippen LogP contribution >= 0.6 is 11.6 Å². The van der Waals surface area contributed by atoms with Gasteiger partial charge in [0.05, 0.1) is 0 Å². The van der Waals surface area contributed by atoms with Gasteiger partial charge in [0, 0.05) is 37.0 Å². The molecule has 0 spiro atoms. The monoisotopic (exact) mass is 336 g/mol. The molecule has 0 unspecified atom stereocenters. The zero-order valence-electron chi connectivity index (χ0n) is 13.7. The second-order valence-corrected chi connectivity index (χ2v) is 6.54. The number of carbonyl (C=O) groups excluding carboxylic acids is 2. The number of hydrogen-bond acceptors (Lipinski definition) is 2. The number of piperidine rings is 1. The molecule has 1 saturated heterocycles. The van der Waals surface area contributed by atoms with Gasteiger partial charge in [0.15, 0.2) is 0 Å². The number of benzene rings is 1. The molecule has 1 fully saturated rings. The molecule has 0 aromatic heterocycles. The molecule has 0 saturated carbocycles. The van der Waals surface area contributed by atoms with Gasteiger partial charge >= 0.3 is 0 Å². The highest BCUT2D eigenvalue weighted by atomic mass is 35.5. The zero-order valence-corrected chi connectivity index (χ0v) is 14.4. The molecule has 1 aliphatic rings. The Bertz CT molecular complexity index is 522. The van der Waals surface area contributed by atoms with E-state index in [-0.39, 0.29) is 17.9 Å². The molecule has 0 radical (unpaired) electrons. The third-order valence-corrected chi connectivity index (χ3v) is 4.48. The third kappa shape index (κ3) is 5.87. The van der Waals surface area contributed by atoms with Gasteiger partial charge in [-0.3, -0.25) is 9.59 Å². The molecular formula is C18H25ClN2O2. The number of nitrogens with one attached hydrogen (secondary N) is 1. The lowest BCUT2D eigenvalue weighted by Crippen LogP contribution is -2.46. The highest BCUT2D eigenvalue weighted by molar-refractivity contribution is 6.30. The SMILES string of the molecule is CCCC(=O)N1CCC(NC(=O)CCc2ccc(Cl)cc2)CC1. The first-order valence-electron chi connectivity index (χ1n) is 8.40. The van der Waals surface area contributed by atoms with Crippen LogP contribution in [-0.4, -0.2) is 35.8 Å². The summed E-state index contributed by atoms with van der Waals surface area (Å²) in [7, 11) is 0. The summed E-state index contributed by atoms with van der Waals surface area (Å²) in [5.74, 6) is 0.318. The molecule has 23 heavy (non-hydrogen) atoms. The summed E-state index contributed by atoms with van der Waals surface area (Å²) < 4.78 is 0. The minimum absolute atomic E-state index is 0.0817. The number of nitrogens with zero attached hydrogens (tertiary/aromatic N) is 1. The second-order valence-electron chi connectivity index (χ2n) is 6.10. The van der Waals surface area contributed by atoms with E-state index in [1.807, 2.05) is 36.1 Å². The Morgan fingerprint density at radius 2 is 1.83 bits per heavy atom. The molecular weight excluding hydrogens is 312 g/mol. The molecule has 1 aromatic carbocycles. The predicted molar refractivity (Wildman–Crippen MR) is 92.4 cm³/mol. The van der Waals surface area contributed by atoms with Crippen LogP contribution < -0.4 is 5.32 Å². The first-order valence-corrected chi connectivity index (χ1v) is 8.78. The average molecular weight is 337 g/mol. The van der Waals surface area contributed by atoms with Crippen molar-refractivity contribution in [3.63, 3.8) is 0 Å². The van der Waals surface area contributed by atoms with Crippen molar-refractivity contribution in [2.45, 2.75) is 51.5 Å². The van der Waals surface area contributed by atoms with Gasteiger partial charge in [0.2, 0.25) is 11.8 Å². The van der Waals surface area contributed by atoms with E-state index in [4.69, 9.17) is 11.6 Å². The Kier molecular flexibility index (Phi) is 6.90. The first-order chi connectivity index (χ1) is 11.1. The van der Waals surface area contributed by atoms with E-state index in [9.17, 15) is 9.59 Å². The standard InChI is InChI=1S/C18H25ClN2O2/c1-2-3-18(23)21-12-10-16(11-13-21)20-17(22)9-6-14-4-7-15(19)8-5-14/h4-5,7-8,16H,2-3,6,9-13H2,1H3,(H,20,22). The Morgan fingerprint density at radius 1 is 1.17 bits per heavy atom. The van der Waals surface area contributed by atoms with E-state index >= 15 is 0 Å². The second kappa shape index (κ2) is 8.92. The summed E-state index contributed by atoms with van der Waals surface area (Å²) >= 11 is 5.85. The lowest BCUT2D eigenvalue weighted by atomic mass is 10.0. The number of hydrogen-bond donors (Lipinski definition) is 1. The molecule has 5 heteroatoms. The number of amides is 2. The number of rotatable bonds is 6. The van der Waals surface area contributed by atoms with Crippen LogP contribution in [0.4, 0.5) is 0 Å². The first kappa shape index (κ1) is 17.8. The molecule has 1 N–H and O–H groups in total. The molecule has 4 nitrogen and oxygen atoms in total. The van der Waals surface area contributed by atoms with Gasteiger partial charge in [0.1, 0.15) is 0 Å². The lowest BCUT2D eigenvalue weighted by Gasteiger charge is -2.32. The van der Waals surface area contributed by atoms with Gasteiger partial charge in [0.25, 0.3) is 0 Å². The maximum absolute atomic E-state index is 12.1. The Morgan fingerprint density at radius 3 is 2.43 bits per heavy atom. The molecule has 1 aliphatic heterocycles. The van der Waals surface area contributed by atoms with Crippen LogP contribution in [0.2, 0.25) is 5.02 Å². The van der Waals surface area contributed by atoms with Gasteiger partial charge in [-0.2, -0.15) is 0 Å². The van der Waals surface area contributed by atoms with Crippen molar-refractivity contribution in [2.75, 3.05) is 13.1 Å². The van der Waals surface area contributed by atoms with E-state index in [0.717, 1.165) is 44.3 Å². The van der Waals surface area contributed by atoms with Crippen molar-refractivity contribution in [1.29, 1.82) is 0 Å². The summed E-state index contributed by atoms with van der Waals surface area (Å²) in [6.07, 6.45) is 4.41. The van der Waals surface area contributed by atoms with Crippen LogP contribution in [0.5, 0.6) is 0 Å². The molecule has 0 aliphatic carbocycles. The molecule has 0 atom stereocenters. The Labute approximate surface area is 143 Å². The van der Waals surface area contributed by atoms with Crippen molar-refractivity contribution in [1.82, 2.24) is 10.2 Å². The molecule has 1 heterocycles. The minimum atomic E-state index is 0.0817. The Balaban J connectivity index is 1.68. The van der Waals surface area contributed by atoms with Crippen LogP contribution in [0.25, 0.3) is 0 Å².